The summed E-state index contributed by atoms with van der Waals surface area (Å²) in [4.78, 5) is 16.2. The first-order chi connectivity index (χ1) is 13.2. The van der Waals surface area contributed by atoms with E-state index in [2.05, 4.69) is 55.5 Å². The van der Waals surface area contributed by atoms with Gasteiger partial charge in [0.1, 0.15) is 17.7 Å². The van der Waals surface area contributed by atoms with Gasteiger partial charge in [0.25, 0.3) is 0 Å². The standard InChI is InChI=1S/C20H21N7/c1-12-9-25(10-12)20-18-16(5-6-26(18)23-11-22-20)14-7-17-19(21-8-14)24-13(2)27(17)15-3-4-15/h5-8,11-12,15H,3-4,9-10H2,1-2H3. The third-order valence-electron chi connectivity index (χ3n) is 5.74. The number of hydrogen-bond donors (Lipinski definition) is 0. The number of nitrogens with zero attached hydrogens (tertiary/aromatic N) is 7. The molecule has 7 nitrogen and oxygen atoms in total. The lowest BCUT2D eigenvalue weighted by Crippen LogP contribution is -2.45. The van der Waals surface area contributed by atoms with Gasteiger partial charge in [0.05, 0.1) is 5.52 Å². The first-order valence-corrected chi connectivity index (χ1v) is 9.61. The van der Waals surface area contributed by atoms with Gasteiger partial charge in [-0.15, -0.1) is 0 Å². The molecule has 1 saturated carbocycles. The SMILES string of the molecule is Cc1nc2ncc(-c3ccn4ncnc(N5CC(C)C5)c34)cc2n1C1CC1. The van der Waals surface area contributed by atoms with Gasteiger partial charge in [0.15, 0.2) is 11.5 Å². The van der Waals surface area contributed by atoms with Gasteiger partial charge in [-0.25, -0.2) is 19.5 Å². The smallest absolute Gasteiger partial charge is 0.177 e. The Kier molecular flexibility index (Phi) is 2.96. The van der Waals surface area contributed by atoms with Gasteiger partial charge in [-0.2, -0.15) is 5.10 Å². The van der Waals surface area contributed by atoms with Crippen LogP contribution >= 0.6 is 0 Å². The zero-order chi connectivity index (χ0) is 18.1. The van der Waals surface area contributed by atoms with E-state index in [0.29, 0.717) is 12.0 Å². The van der Waals surface area contributed by atoms with Crippen LogP contribution in [-0.4, -0.2) is 42.2 Å². The van der Waals surface area contributed by atoms with Crippen molar-refractivity contribution < 1.29 is 0 Å². The topological polar surface area (TPSA) is 64.1 Å². The molecule has 27 heavy (non-hydrogen) atoms. The average molecular weight is 359 g/mol. The first kappa shape index (κ1) is 15.1. The highest BCUT2D eigenvalue weighted by atomic mass is 15.3. The maximum absolute atomic E-state index is 4.66. The molecule has 2 aliphatic rings. The minimum Gasteiger partial charge on any atom is -0.354 e. The predicted molar refractivity (Wildman–Crippen MR) is 104 cm³/mol. The molecule has 2 fully saturated rings. The second kappa shape index (κ2) is 5.28. The molecule has 7 heteroatoms. The van der Waals surface area contributed by atoms with Crippen LogP contribution in [0.1, 0.15) is 31.6 Å². The number of anilines is 1. The van der Waals surface area contributed by atoms with Gasteiger partial charge >= 0.3 is 0 Å². The van der Waals surface area contributed by atoms with Crippen LogP contribution in [0.2, 0.25) is 0 Å². The summed E-state index contributed by atoms with van der Waals surface area (Å²) >= 11 is 0. The highest BCUT2D eigenvalue weighted by Gasteiger charge is 2.29. The van der Waals surface area contributed by atoms with Crippen molar-refractivity contribution in [1.29, 1.82) is 0 Å². The van der Waals surface area contributed by atoms with E-state index in [9.17, 15) is 0 Å². The van der Waals surface area contributed by atoms with E-state index in [-0.39, 0.29) is 0 Å². The van der Waals surface area contributed by atoms with Gasteiger partial charge in [-0.05, 0) is 37.8 Å². The van der Waals surface area contributed by atoms with Crippen LogP contribution in [0.4, 0.5) is 5.82 Å². The van der Waals surface area contributed by atoms with Crippen molar-refractivity contribution in [2.24, 2.45) is 5.92 Å². The minimum atomic E-state index is 0.583. The largest absolute Gasteiger partial charge is 0.354 e. The second-order valence-corrected chi connectivity index (χ2v) is 7.94. The molecular weight excluding hydrogens is 338 g/mol. The average Bonchev–Trinajstić information content (AvgIpc) is 3.28. The third kappa shape index (κ3) is 2.20. The van der Waals surface area contributed by atoms with Crippen LogP contribution in [0.25, 0.3) is 27.8 Å². The van der Waals surface area contributed by atoms with Crippen LogP contribution in [0.5, 0.6) is 0 Å². The highest BCUT2D eigenvalue weighted by molar-refractivity contribution is 5.91. The van der Waals surface area contributed by atoms with Crippen LogP contribution in [0.3, 0.4) is 0 Å². The maximum atomic E-state index is 4.66. The lowest BCUT2D eigenvalue weighted by molar-refractivity contribution is 0.443. The Morgan fingerprint density at radius 2 is 2.00 bits per heavy atom. The number of pyridine rings is 1. The van der Waals surface area contributed by atoms with Crippen LogP contribution < -0.4 is 4.90 Å². The van der Waals surface area contributed by atoms with Gasteiger partial charge in [-0.1, -0.05) is 6.92 Å². The quantitative estimate of drug-likeness (QED) is 0.562. The van der Waals surface area contributed by atoms with Crippen molar-refractivity contribution >= 4 is 22.5 Å². The number of hydrogen-bond acceptors (Lipinski definition) is 5. The van der Waals surface area contributed by atoms with Crippen molar-refractivity contribution in [3.05, 3.63) is 36.7 Å². The molecule has 0 atom stereocenters. The fourth-order valence-electron chi connectivity index (χ4n) is 4.31. The van der Waals surface area contributed by atoms with E-state index in [1.54, 1.807) is 6.33 Å². The molecule has 1 aliphatic heterocycles. The summed E-state index contributed by atoms with van der Waals surface area (Å²) in [5.74, 6) is 2.78. The van der Waals surface area contributed by atoms with E-state index >= 15 is 0 Å². The summed E-state index contributed by atoms with van der Waals surface area (Å²) < 4.78 is 4.27. The molecule has 1 saturated heterocycles. The summed E-state index contributed by atoms with van der Waals surface area (Å²) in [6.07, 6.45) is 8.04. The Morgan fingerprint density at radius 1 is 1.15 bits per heavy atom. The number of rotatable bonds is 3. The number of aromatic nitrogens is 6. The Labute approximate surface area is 156 Å². The molecule has 5 heterocycles. The summed E-state index contributed by atoms with van der Waals surface area (Å²) in [6, 6.07) is 4.93. The van der Waals surface area contributed by atoms with Crippen LogP contribution in [-0.2, 0) is 0 Å². The molecule has 0 bridgehead atoms. The molecule has 0 unspecified atom stereocenters. The molecule has 4 aromatic heterocycles. The van der Waals surface area contributed by atoms with E-state index in [1.165, 1.54) is 12.8 Å². The molecular formula is C20H21N7. The van der Waals surface area contributed by atoms with Crippen LogP contribution in [0.15, 0.2) is 30.9 Å². The van der Waals surface area contributed by atoms with Gasteiger partial charge < -0.3 is 9.47 Å². The number of fused-ring (bicyclic) bond motifs is 2. The highest BCUT2D eigenvalue weighted by Crippen LogP contribution is 2.40. The van der Waals surface area contributed by atoms with Crippen molar-refractivity contribution in [3.8, 4) is 11.1 Å². The molecule has 0 spiro atoms. The zero-order valence-corrected chi connectivity index (χ0v) is 15.5. The van der Waals surface area contributed by atoms with E-state index in [0.717, 1.165) is 52.5 Å². The van der Waals surface area contributed by atoms with E-state index in [4.69, 9.17) is 0 Å². The van der Waals surface area contributed by atoms with Crippen molar-refractivity contribution in [1.82, 2.24) is 29.1 Å². The number of imidazole rings is 1. The van der Waals surface area contributed by atoms with Gasteiger partial charge in [0, 0.05) is 42.7 Å². The van der Waals surface area contributed by atoms with Gasteiger partial charge in [-0.3, -0.25) is 0 Å². The summed E-state index contributed by atoms with van der Waals surface area (Å²) in [6.45, 7) is 6.43. The van der Waals surface area contributed by atoms with Crippen molar-refractivity contribution in [2.75, 3.05) is 18.0 Å². The molecule has 1 aliphatic carbocycles. The van der Waals surface area contributed by atoms with E-state index in [1.807, 2.05) is 16.9 Å². The fourth-order valence-corrected chi connectivity index (χ4v) is 4.31. The molecule has 136 valence electrons. The Morgan fingerprint density at radius 3 is 2.78 bits per heavy atom. The van der Waals surface area contributed by atoms with E-state index < -0.39 is 0 Å². The number of aryl methyl sites for hydroxylation is 1. The Balaban J connectivity index is 1.54. The molecule has 4 aromatic rings. The second-order valence-electron chi connectivity index (χ2n) is 7.94. The summed E-state index contributed by atoms with van der Waals surface area (Å²) in [5.41, 5.74) is 5.24. The van der Waals surface area contributed by atoms with Gasteiger partial charge in [0.2, 0.25) is 0 Å². The van der Waals surface area contributed by atoms with Crippen molar-refractivity contribution in [3.63, 3.8) is 0 Å². The molecule has 6 rings (SSSR count). The predicted octanol–water partition coefficient (Wildman–Crippen LogP) is 3.24. The summed E-state index contributed by atoms with van der Waals surface area (Å²) in [7, 11) is 0. The normalized spacial score (nSPS) is 17.8. The molecule has 0 aromatic carbocycles. The zero-order valence-electron chi connectivity index (χ0n) is 15.5. The molecule has 0 amide bonds. The van der Waals surface area contributed by atoms with Crippen LogP contribution in [0, 0.1) is 12.8 Å². The Bertz CT molecular complexity index is 1180. The third-order valence-corrected chi connectivity index (χ3v) is 5.74. The molecule has 0 N–H and O–H groups in total. The maximum Gasteiger partial charge on any atom is 0.177 e. The minimum absolute atomic E-state index is 0.583. The fraction of sp³-hybridized carbons (Fsp3) is 0.400. The monoisotopic (exact) mass is 359 g/mol. The lowest BCUT2D eigenvalue weighted by atomic mass is 10.0. The lowest BCUT2D eigenvalue weighted by Gasteiger charge is -2.38. The first-order valence-electron chi connectivity index (χ1n) is 9.61. The molecule has 0 radical (unpaired) electrons. The van der Waals surface area contributed by atoms with Crippen molar-refractivity contribution in [2.45, 2.75) is 32.7 Å². The summed E-state index contributed by atoms with van der Waals surface area (Å²) in [5, 5.41) is 4.41. The Hall–Kier alpha value is -2.96.